The SMILES string of the molecule is CCc1cc2c(c3ccccc13)[C@H]([C@@H](C)Cl)CN2C(=O)c1cc2cc(NC(=O)CN(C)C)ccc2[nH]1. The van der Waals surface area contributed by atoms with Gasteiger partial charge in [-0.2, -0.15) is 0 Å². The first kappa shape index (κ1) is 24.3. The Morgan fingerprint density at radius 2 is 1.89 bits per heavy atom. The zero-order valence-electron chi connectivity index (χ0n) is 21.1. The lowest BCUT2D eigenvalue weighted by molar-refractivity contribution is -0.116. The van der Waals surface area contributed by atoms with Gasteiger partial charge in [0.1, 0.15) is 5.69 Å². The number of carbonyl (C=O) groups excluding carboxylic acids is 2. The van der Waals surface area contributed by atoms with Crippen LogP contribution in [-0.2, 0) is 11.2 Å². The Kier molecular flexibility index (Phi) is 6.49. The molecule has 0 saturated carbocycles. The van der Waals surface area contributed by atoms with Crippen molar-refractivity contribution in [3.63, 3.8) is 0 Å². The zero-order chi connectivity index (χ0) is 25.6. The number of hydrogen-bond acceptors (Lipinski definition) is 3. The Hall–Kier alpha value is -3.35. The largest absolute Gasteiger partial charge is 0.351 e. The number of nitrogens with zero attached hydrogens (tertiary/aromatic N) is 2. The van der Waals surface area contributed by atoms with Crippen LogP contribution in [0.3, 0.4) is 0 Å². The molecule has 0 bridgehead atoms. The van der Waals surface area contributed by atoms with Gasteiger partial charge in [-0.1, -0.05) is 31.2 Å². The van der Waals surface area contributed by atoms with Crippen LogP contribution in [0, 0.1) is 0 Å². The zero-order valence-corrected chi connectivity index (χ0v) is 21.8. The first-order valence-corrected chi connectivity index (χ1v) is 12.8. The van der Waals surface area contributed by atoms with Crippen LogP contribution in [0.4, 0.5) is 11.4 Å². The van der Waals surface area contributed by atoms with E-state index in [2.05, 4.69) is 47.6 Å². The Morgan fingerprint density at radius 1 is 1.14 bits per heavy atom. The molecule has 2 atom stereocenters. The fraction of sp³-hybridized carbons (Fsp3) is 0.310. The first-order valence-electron chi connectivity index (χ1n) is 12.3. The highest BCUT2D eigenvalue weighted by Gasteiger charge is 2.37. The number of aromatic amines is 1. The van der Waals surface area contributed by atoms with E-state index in [1.807, 2.05) is 55.1 Å². The number of H-pyrrole nitrogens is 1. The van der Waals surface area contributed by atoms with E-state index < -0.39 is 0 Å². The summed E-state index contributed by atoms with van der Waals surface area (Å²) in [5.41, 5.74) is 5.39. The molecule has 2 amide bonds. The average molecular weight is 503 g/mol. The van der Waals surface area contributed by atoms with Gasteiger partial charge in [0, 0.05) is 40.1 Å². The predicted molar refractivity (Wildman–Crippen MR) is 149 cm³/mol. The summed E-state index contributed by atoms with van der Waals surface area (Å²) in [6, 6.07) is 18.1. The molecule has 6 nitrogen and oxygen atoms in total. The van der Waals surface area contributed by atoms with Crippen molar-refractivity contribution >= 4 is 56.5 Å². The minimum absolute atomic E-state index is 0.0457. The maximum Gasteiger partial charge on any atom is 0.274 e. The molecule has 186 valence electrons. The second-order valence-corrected chi connectivity index (χ2v) is 10.5. The minimum atomic E-state index is -0.117. The van der Waals surface area contributed by atoms with Crippen LogP contribution in [0.2, 0.25) is 0 Å². The number of fused-ring (bicyclic) bond motifs is 4. The van der Waals surface area contributed by atoms with Gasteiger partial charge in [0.05, 0.1) is 6.54 Å². The van der Waals surface area contributed by atoms with Gasteiger partial charge in [-0.25, -0.2) is 0 Å². The molecule has 1 aliphatic heterocycles. The van der Waals surface area contributed by atoms with E-state index in [1.54, 1.807) is 0 Å². The standard InChI is InChI=1S/C29H31ClN4O2/c1-5-18-14-26-28(22-9-7-6-8-21(18)22)23(17(2)30)15-34(26)29(36)25-13-19-12-20(10-11-24(19)32-25)31-27(35)16-33(3)4/h6-14,17,23,32H,5,15-16H2,1-4H3,(H,31,35)/t17-,23+/m1/s1. The summed E-state index contributed by atoms with van der Waals surface area (Å²) in [5.74, 6) is -0.118. The molecule has 3 aromatic carbocycles. The fourth-order valence-electron chi connectivity index (χ4n) is 5.27. The van der Waals surface area contributed by atoms with E-state index in [4.69, 9.17) is 11.6 Å². The van der Waals surface area contributed by atoms with Gasteiger partial charge in [0.15, 0.2) is 0 Å². The van der Waals surface area contributed by atoms with E-state index in [-0.39, 0.29) is 23.1 Å². The number of aryl methyl sites for hydroxylation is 1. The molecule has 36 heavy (non-hydrogen) atoms. The molecule has 2 heterocycles. The monoisotopic (exact) mass is 502 g/mol. The molecular weight excluding hydrogens is 472 g/mol. The number of nitrogens with one attached hydrogen (secondary N) is 2. The van der Waals surface area contributed by atoms with E-state index in [9.17, 15) is 9.59 Å². The van der Waals surface area contributed by atoms with Crippen molar-refractivity contribution in [1.82, 2.24) is 9.88 Å². The van der Waals surface area contributed by atoms with Gasteiger partial charge in [0.25, 0.3) is 5.91 Å². The number of anilines is 2. The summed E-state index contributed by atoms with van der Waals surface area (Å²) < 4.78 is 0. The predicted octanol–water partition coefficient (Wildman–Crippen LogP) is 5.75. The molecule has 0 spiro atoms. The van der Waals surface area contributed by atoms with Crippen LogP contribution in [0.25, 0.3) is 21.7 Å². The maximum absolute atomic E-state index is 13.8. The highest BCUT2D eigenvalue weighted by atomic mass is 35.5. The molecule has 5 rings (SSSR count). The third-order valence-electron chi connectivity index (χ3n) is 6.97. The second-order valence-electron chi connectivity index (χ2n) is 9.84. The number of carbonyl (C=O) groups is 2. The Morgan fingerprint density at radius 3 is 2.58 bits per heavy atom. The minimum Gasteiger partial charge on any atom is -0.351 e. The normalized spacial score (nSPS) is 16.1. The maximum atomic E-state index is 13.8. The fourth-order valence-corrected chi connectivity index (χ4v) is 5.48. The number of alkyl halides is 1. The van der Waals surface area contributed by atoms with E-state index >= 15 is 0 Å². The number of amides is 2. The van der Waals surface area contributed by atoms with Gasteiger partial charge in [-0.15, -0.1) is 11.6 Å². The summed E-state index contributed by atoms with van der Waals surface area (Å²) in [4.78, 5) is 33.0. The molecule has 0 aliphatic carbocycles. The van der Waals surface area contributed by atoms with Crippen LogP contribution < -0.4 is 10.2 Å². The highest BCUT2D eigenvalue weighted by Crippen LogP contribution is 2.45. The van der Waals surface area contributed by atoms with E-state index in [1.165, 1.54) is 16.3 Å². The van der Waals surface area contributed by atoms with Crippen molar-refractivity contribution in [2.45, 2.75) is 31.6 Å². The van der Waals surface area contributed by atoms with Crippen molar-refractivity contribution in [3.8, 4) is 0 Å². The molecule has 4 aromatic rings. The number of aromatic nitrogens is 1. The van der Waals surface area contributed by atoms with Crippen molar-refractivity contribution in [2.24, 2.45) is 0 Å². The van der Waals surface area contributed by atoms with Crippen LogP contribution >= 0.6 is 11.6 Å². The topological polar surface area (TPSA) is 68.4 Å². The number of likely N-dealkylation sites (N-methyl/N-ethyl adjacent to an activating group) is 1. The molecular formula is C29H31ClN4O2. The Bertz CT molecular complexity index is 1470. The van der Waals surface area contributed by atoms with Crippen molar-refractivity contribution in [3.05, 3.63) is 71.4 Å². The van der Waals surface area contributed by atoms with Crippen molar-refractivity contribution in [2.75, 3.05) is 37.4 Å². The Labute approximate surface area is 216 Å². The molecule has 1 aliphatic rings. The Balaban J connectivity index is 1.52. The quantitative estimate of drug-likeness (QED) is 0.330. The number of halogens is 1. The molecule has 0 radical (unpaired) electrons. The third kappa shape index (κ3) is 4.36. The van der Waals surface area contributed by atoms with Gasteiger partial charge in [-0.3, -0.25) is 9.59 Å². The number of rotatable bonds is 6. The summed E-state index contributed by atoms with van der Waals surface area (Å²) in [5, 5.41) is 6.07. The van der Waals surface area contributed by atoms with E-state index in [0.717, 1.165) is 28.6 Å². The van der Waals surface area contributed by atoms with Gasteiger partial charge >= 0.3 is 0 Å². The highest BCUT2D eigenvalue weighted by molar-refractivity contribution is 6.22. The molecule has 0 fully saturated rings. The van der Waals surface area contributed by atoms with Crippen LogP contribution in [-0.4, -0.2) is 54.3 Å². The molecule has 0 unspecified atom stereocenters. The summed E-state index contributed by atoms with van der Waals surface area (Å²) >= 11 is 6.67. The molecule has 2 N–H and O–H groups in total. The lowest BCUT2D eigenvalue weighted by Crippen LogP contribution is -2.31. The molecule has 7 heteroatoms. The second kappa shape index (κ2) is 9.60. The third-order valence-corrected chi connectivity index (χ3v) is 7.27. The van der Waals surface area contributed by atoms with Crippen LogP contribution in [0.5, 0.6) is 0 Å². The molecule has 0 saturated heterocycles. The lowest BCUT2D eigenvalue weighted by Gasteiger charge is -2.18. The summed E-state index contributed by atoms with van der Waals surface area (Å²) in [6.45, 7) is 4.99. The van der Waals surface area contributed by atoms with Crippen molar-refractivity contribution in [1.29, 1.82) is 0 Å². The summed E-state index contributed by atoms with van der Waals surface area (Å²) in [7, 11) is 3.70. The summed E-state index contributed by atoms with van der Waals surface area (Å²) in [6.07, 6.45) is 0.881. The smallest absolute Gasteiger partial charge is 0.274 e. The average Bonchev–Trinajstić information content (AvgIpc) is 3.44. The van der Waals surface area contributed by atoms with Crippen molar-refractivity contribution < 1.29 is 9.59 Å². The first-order chi connectivity index (χ1) is 17.3. The van der Waals surface area contributed by atoms with Gasteiger partial charge in [-0.05, 0) is 79.7 Å². The van der Waals surface area contributed by atoms with E-state index in [0.29, 0.717) is 24.5 Å². The molecule has 1 aromatic heterocycles. The van der Waals surface area contributed by atoms with Gasteiger partial charge in [0.2, 0.25) is 5.91 Å². The lowest BCUT2D eigenvalue weighted by atomic mass is 9.90. The number of benzene rings is 3. The van der Waals surface area contributed by atoms with Gasteiger partial charge < -0.3 is 20.1 Å². The van der Waals surface area contributed by atoms with Crippen LogP contribution in [0.15, 0.2) is 54.6 Å². The van der Waals surface area contributed by atoms with Crippen LogP contribution in [0.1, 0.15) is 41.4 Å². The number of hydrogen-bond donors (Lipinski definition) is 2.